The van der Waals surface area contributed by atoms with Gasteiger partial charge in [-0.05, 0) is 36.2 Å². The van der Waals surface area contributed by atoms with Crippen LogP contribution < -0.4 is 5.32 Å². The average molecular weight is 370 g/mol. The number of hydrogen-bond acceptors (Lipinski definition) is 2. The summed E-state index contributed by atoms with van der Waals surface area (Å²) in [6, 6.07) is 23.9. The van der Waals surface area contributed by atoms with Gasteiger partial charge in [0.25, 0.3) is 5.91 Å². The SMILES string of the molecule is Cc1cc(C(=O)NCc2cccc(F)c2)c2cccc(-c3ccccc3)c2n1. The van der Waals surface area contributed by atoms with Crippen LogP contribution >= 0.6 is 0 Å². The molecule has 28 heavy (non-hydrogen) atoms. The highest BCUT2D eigenvalue weighted by atomic mass is 19.1. The molecule has 138 valence electrons. The van der Waals surface area contributed by atoms with Gasteiger partial charge in [0, 0.05) is 23.2 Å². The van der Waals surface area contributed by atoms with E-state index in [-0.39, 0.29) is 18.3 Å². The van der Waals surface area contributed by atoms with Crippen LogP contribution in [0.25, 0.3) is 22.0 Å². The molecule has 0 aliphatic carbocycles. The Morgan fingerprint density at radius 2 is 1.75 bits per heavy atom. The van der Waals surface area contributed by atoms with E-state index >= 15 is 0 Å². The molecule has 0 fully saturated rings. The molecule has 0 unspecified atom stereocenters. The van der Waals surface area contributed by atoms with Crippen molar-refractivity contribution in [3.8, 4) is 11.1 Å². The van der Waals surface area contributed by atoms with Crippen molar-refractivity contribution in [2.24, 2.45) is 0 Å². The van der Waals surface area contributed by atoms with E-state index in [4.69, 9.17) is 4.98 Å². The molecule has 0 aliphatic rings. The molecule has 4 aromatic rings. The smallest absolute Gasteiger partial charge is 0.252 e. The molecule has 3 aromatic carbocycles. The molecule has 0 spiro atoms. The first kappa shape index (κ1) is 17.9. The molecular formula is C24H19FN2O. The topological polar surface area (TPSA) is 42.0 Å². The van der Waals surface area contributed by atoms with Gasteiger partial charge in [0.15, 0.2) is 0 Å². The number of rotatable bonds is 4. The lowest BCUT2D eigenvalue weighted by Crippen LogP contribution is -2.23. The Labute approximate surface area is 162 Å². The quantitative estimate of drug-likeness (QED) is 0.531. The van der Waals surface area contributed by atoms with Crippen LogP contribution in [0.5, 0.6) is 0 Å². The summed E-state index contributed by atoms with van der Waals surface area (Å²) >= 11 is 0. The fourth-order valence-corrected chi connectivity index (χ4v) is 3.34. The van der Waals surface area contributed by atoms with E-state index in [0.717, 1.165) is 27.7 Å². The Morgan fingerprint density at radius 1 is 0.964 bits per heavy atom. The Morgan fingerprint density at radius 3 is 2.54 bits per heavy atom. The summed E-state index contributed by atoms with van der Waals surface area (Å²) in [5.41, 5.74) is 4.89. The van der Waals surface area contributed by atoms with Gasteiger partial charge in [-0.15, -0.1) is 0 Å². The minimum atomic E-state index is -0.315. The Kier molecular flexibility index (Phi) is 4.85. The molecule has 0 saturated carbocycles. The Bertz CT molecular complexity index is 1160. The number of pyridine rings is 1. The maximum Gasteiger partial charge on any atom is 0.252 e. The zero-order valence-electron chi connectivity index (χ0n) is 15.4. The highest BCUT2D eigenvalue weighted by molar-refractivity contribution is 6.09. The second-order valence-corrected chi connectivity index (χ2v) is 6.69. The third-order valence-electron chi connectivity index (χ3n) is 4.64. The lowest BCUT2D eigenvalue weighted by molar-refractivity contribution is 0.0952. The van der Waals surface area contributed by atoms with E-state index in [2.05, 4.69) is 5.32 Å². The van der Waals surface area contributed by atoms with Crippen LogP contribution in [0.4, 0.5) is 4.39 Å². The monoisotopic (exact) mass is 370 g/mol. The number of fused-ring (bicyclic) bond motifs is 1. The number of nitrogens with one attached hydrogen (secondary N) is 1. The number of para-hydroxylation sites is 1. The fourth-order valence-electron chi connectivity index (χ4n) is 3.34. The number of aryl methyl sites for hydroxylation is 1. The van der Waals surface area contributed by atoms with Gasteiger partial charge in [0.2, 0.25) is 0 Å². The van der Waals surface area contributed by atoms with Crippen LogP contribution in [-0.4, -0.2) is 10.9 Å². The van der Waals surface area contributed by atoms with Crippen molar-refractivity contribution in [3.63, 3.8) is 0 Å². The number of halogens is 1. The van der Waals surface area contributed by atoms with Gasteiger partial charge in [-0.1, -0.05) is 60.7 Å². The predicted molar refractivity (Wildman–Crippen MR) is 109 cm³/mol. The van der Waals surface area contributed by atoms with Crippen LogP contribution in [0.2, 0.25) is 0 Å². The van der Waals surface area contributed by atoms with Crippen LogP contribution in [-0.2, 0) is 6.54 Å². The number of amides is 1. The maximum absolute atomic E-state index is 13.4. The van der Waals surface area contributed by atoms with Gasteiger partial charge >= 0.3 is 0 Å². The molecule has 0 aliphatic heterocycles. The van der Waals surface area contributed by atoms with Gasteiger partial charge in [0.1, 0.15) is 5.82 Å². The van der Waals surface area contributed by atoms with Gasteiger partial charge < -0.3 is 5.32 Å². The van der Waals surface area contributed by atoms with Crippen molar-refractivity contribution in [2.75, 3.05) is 0 Å². The second-order valence-electron chi connectivity index (χ2n) is 6.69. The molecule has 1 heterocycles. The van der Waals surface area contributed by atoms with Crippen molar-refractivity contribution in [1.29, 1.82) is 0 Å². The first-order valence-electron chi connectivity index (χ1n) is 9.10. The van der Waals surface area contributed by atoms with E-state index < -0.39 is 0 Å². The largest absolute Gasteiger partial charge is 0.348 e. The summed E-state index contributed by atoms with van der Waals surface area (Å²) in [6.45, 7) is 2.14. The molecule has 3 nitrogen and oxygen atoms in total. The zero-order valence-corrected chi connectivity index (χ0v) is 15.4. The molecule has 1 amide bonds. The van der Waals surface area contributed by atoms with Crippen LogP contribution in [0.3, 0.4) is 0 Å². The van der Waals surface area contributed by atoms with Crippen molar-refractivity contribution in [3.05, 3.63) is 102 Å². The molecular weight excluding hydrogens is 351 g/mol. The first-order chi connectivity index (χ1) is 13.6. The molecule has 0 radical (unpaired) electrons. The number of benzene rings is 3. The van der Waals surface area contributed by atoms with E-state index in [1.54, 1.807) is 18.2 Å². The van der Waals surface area contributed by atoms with Crippen molar-refractivity contribution < 1.29 is 9.18 Å². The zero-order chi connectivity index (χ0) is 19.5. The van der Waals surface area contributed by atoms with Crippen LogP contribution in [0.15, 0.2) is 78.9 Å². The lowest BCUT2D eigenvalue weighted by Gasteiger charge is -2.12. The van der Waals surface area contributed by atoms with E-state index in [1.807, 2.05) is 55.5 Å². The standard InChI is InChI=1S/C24H19FN2O/c1-16-13-22(24(28)26-15-17-7-5-10-19(25)14-17)21-12-6-11-20(23(21)27-16)18-8-3-2-4-9-18/h2-14H,15H2,1H3,(H,26,28). The number of nitrogens with zero attached hydrogens (tertiary/aromatic N) is 1. The third kappa shape index (κ3) is 3.62. The van der Waals surface area contributed by atoms with Crippen LogP contribution in [0, 0.1) is 12.7 Å². The highest BCUT2D eigenvalue weighted by Crippen LogP contribution is 2.29. The van der Waals surface area contributed by atoms with Crippen molar-refractivity contribution >= 4 is 16.8 Å². The normalized spacial score (nSPS) is 10.8. The van der Waals surface area contributed by atoms with Gasteiger partial charge in [-0.3, -0.25) is 9.78 Å². The summed E-state index contributed by atoms with van der Waals surface area (Å²) in [6.07, 6.45) is 0. The van der Waals surface area contributed by atoms with Crippen LogP contribution in [0.1, 0.15) is 21.6 Å². The molecule has 4 heteroatoms. The van der Waals surface area contributed by atoms with Crippen molar-refractivity contribution in [2.45, 2.75) is 13.5 Å². The lowest BCUT2D eigenvalue weighted by atomic mass is 9.98. The van der Waals surface area contributed by atoms with Crippen molar-refractivity contribution in [1.82, 2.24) is 10.3 Å². The van der Waals surface area contributed by atoms with Gasteiger partial charge in [-0.2, -0.15) is 0 Å². The molecule has 0 atom stereocenters. The number of hydrogen-bond donors (Lipinski definition) is 1. The first-order valence-corrected chi connectivity index (χ1v) is 9.10. The molecule has 4 rings (SSSR count). The Hall–Kier alpha value is -3.53. The maximum atomic E-state index is 13.4. The van der Waals surface area contributed by atoms with E-state index in [1.165, 1.54) is 12.1 Å². The predicted octanol–water partition coefficient (Wildman–Crippen LogP) is 5.28. The minimum absolute atomic E-state index is 0.204. The van der Waals surface area contributed by atoms with Gasteiger partial charge in [0.05, 0.1) is 11.1 Å². The summed E-state index contributed by atoms with van der Waals surface area (Å²) in [5.74, 6) is -0.519. The minimum Gasteiger partial charge on any atom is -0.348 e. The molecule has 1 N–H and O–H groups in total. The Balaban J connectivity index is 1.72. The molecule has 0 saturated heterocycles. The van der Waals surface area contributed by atoms with E-state index in [0.29, 0.717) is 11.1 Å². The summed E-state index contributed by atoms with van der Waals surface area (Å²) in [5, 5.41) is 3.68. The fraction of sp³-hybridized carbons (Fsp3) is 0.0833. The van der Waals surface area contributed by atoms with E-state index in [9.17, 15) is 9.18 Å². The summed E-state index contributed by atoms with van der Waals surface area (Å²) < 4.78 is 13.4. The summed E-state index contributed by atoms with van der Waals surface area (Å²) in [7, 11) is 0. The molecule has 1 aromatic heterocycles. The second kappa shape index (κ2) is 7.61. The number of aromatic nitrogens is 1. The highest BCUT2D eigenvalue weighted by Gasteiger charge is 2.14. The average Bonchev–Trinajstić information content (AvgIpc) is 2.71. The van der Waals surface area contributed by atoms with Gasteiger partial charge in [-0.25, -0.2) is 4.39 Å². The molecule has 0 bridgehead atoms. The number of carbonyl (C=O) groups excluding carboxylic acids is 1. The summed E-state index contributed by atoms with van der Waals surface area (Å²) in [4.78, 5) is 17.6. The third-order valence-corrected chi connectivity index (χ3v) is 4.64. The number of carbonyl (C=O) groups is 1.